The largest absolute Gasteiger partial charge is 0.487 e. The summed E-state index contributed by atoms with van der Waals surface area (Å²) in [6.07, 6.45) is 1.81. The molecule has 0 fully saturated rings. The maximum Gasteiger partial charge on any atom is 0.148 e. The second-order valence-corrected chi connectivity index (χ2v) is 8.81. The molecule has 0 saturated carbocycles. The summed E-state index contributed by atoms with van der Waals surface area (Å²) in [4.78, 5) is 0. The minimum Gasteiger partial charge on any atom is -0.487 e. The molecule has 0 aliphatic carbocycles. The monoisotopic (exact) mass is 542 g/mol. The highest BCUT2D eigenvalue weighted by molar-refractivity contribution is 9.11. The van der Waals surface area contributed by atoms with Crippen LogP contribution in [0.25, 0.3) is 22.4 Å². The number of benzene rings is 4. The number of rotatable bonds is 5. The molecule has 0 aliphatic rings. The van der Waals surface area contributed by atoms with Gasteiger partial charge in [-0.1, -0.05) is 54.6 Å². The van der Waals surface area contributed by atoms with Gasteiger partial charge >= 0.3 is 0 Å². The average molecular weight is 544 g/mol. The SMILES string of the molecule is N#C/C(=C/c1cc(Br)c(OCc2cccc3ccccc23)c(Br)c1)c1ccc(C#N)cc1. The fourth-order valence-electron chi connectivity index (χ4n) is 3.44. The molecule has 0 aliphatic heterocycles. The van der Waals surface area contributed by atoms with E-state index in [4.69, 9.17) is 10.00 Å². The first kappa shape index (κ1) is 21.8. The highest BCUT2D eigenvalue weighted by Gasteiger charge is 2.11. The molecule has 0 heterocycles. The third-order valence-electron chi connectivity index (χ3n) is 5.03. The molecule has 32 heavy (non-hydrogen) atoms. The topological polar surface area (TPSA) is 56.8 Å². The van der Waals surface area contributed by atoms with E-state index in [1.54, 1.807) is 24.3 Å². The summed E-state index contributed by atoms with van der Waals surface area (Å²) in [6.45, 7) is 0.433. The van der Waals surface area contributed by atoms with E-state index in [-0.39, 0.29) is 0 Å². The van der Waals surface area contributed by atoms with Crippen molar-refractivity contribution in [3.63, 3.8) is 0 Å². The number of nitrogens with zero attached hydrogens (tertiary/aromatic N) is 2. The first-order valence-electron chi connectivity index (χ1n) is 9.80. The zero-order valence-corrected chi connectivity index (χ0v) is 20.0. The van der Waals surface area contributed by atoms with E-state index < -0.39 is 0 Å². The van der Waals surface area contributed by atoms with Gasteiger partial charge < -0.3 is 4.74 Å². The summed E-state index contributed by atoms with van der Waals surface area (Å²) in [6, 6.07) is 29.6. The molecule has 154 valence electrons. The van der Waals surface area contributed by atoms with Crippen LogP contribution in [0.4, 0.5) is 0 Å². The lowest BCUT2D eigenvalue weighted by atomic mass is 10.0. The Morgan fingerprint density at radius 2 is 1.56 bits per heavy atom. The van der Waals surface area contributed by atoms with Crippen molar-refractivity contribution in [2.24, 2.45) is 0 Å². The Labute approximate surface area is 203 Å². The Bertz CT molecular complexity index is 1380. The van der Waals surface area contributed by atoms with Gasteiger partial charge in [-0.15, -0.1) is 0 Å². The molecule has 0 spiro atoms. The van der Waals surface area contributed by atoms with Gasteiger partial charge in [-0.05, 0) is 89.7 Å². The normalized spacial score (nSPS) is 11.1. The summed E-state index contributed by atoms with van der Waals surface area (Å²) in [5.74, 6) is 0.701. The first-order chi connectivity index (χ1) is 15.6. The minimum atomic E-state index is 0.433. The van der Waals surface area contributed by atoms with Crippen molar-refractivity contribution in [1.29, 1.82) is 10.5 Å². The van der Waals surface area contributed by atoms with Crippen LogP contribution < -0.4 is 4.74 Å². The highest BCUT2D eigenvalue weighted by atomic mass is 79.9. The summed E-state index contributed by atoms with van der Waals surface area (Å²) >= 11 is 7.21. The van der Waals surface area contributed by atoms with Gasteiger partial charge in [0.25, 0.3) is 0 Å². The predicted octanol–water partition coefficient (Wildman–Crippen LogP) is 7.88. The van der Waals surface area contributed by atoms with Gasteiger partial charge in [0.2, 0.25) is 0 Å². The van der Waals surface area contributed by atoms with Crippen molar-refractivity contribution in [3.05, 3.63) is 110 Å². The number of ether oxygens (including phenoxy) is 1. The second kappa shape index (κ2) is 9.83. The standard InChI is InChI=1S/C27H16Br2N2O/c28-25-13-19(12-23(16-31)20-10-8-18(15-30)9-11-20)14-26(29)27(25)32-17-22-6-3-5-21-4-1-2-7-24(21)22/h1-14H,17H2/b23-12-. The van der Waals surface area contributed by atoms with E-state index in [2.05, 4.69) is 68.3 Å². The summed E-state index contributed by atoms with van der Waals surface area (Å²) in [7, 11) is 0. The zero-order chi connectivity index (χ0) is 22.5. The fraction of sp³-hybridized carbons (Fsp3) is 0.0370. The molecule has 5 heteroatoms. The number of hydrogen-bond acceptors (Lipinski definition) is 3. The Morgan fingerprint density at radius 1 is 0.875 bits per heavy atom. The quantitative estimate of drug-likeness (QED) is 0.190. The number of hydrogen-bond donors (Lipinski definition) is 0. The maximum absolute atomic E-state index is 9.63. The van der Waals surface area contributed by atoms with E-state index in [0.717, 1.165) is 25.6 Å². The summed E-state index contributed by atoms with van der Waals surface area (Å²) in [5, 5.41) is 20.9. The average Bonchev–Trinajstić information content (AvgIpc) is 2.82. The number of allylic oxidation sites excluding steroid dienone is 1. The molecule has 3 nitrogen and oxygen atoms in total. The van der Waals surface area contributed by atoms with Crippen molar-refractivity contribution in [2.45, 2.75) is 6.61 Å². The summed E-state index contributed by atoms with van der Waals surface area (Å²) in [5.41, 5.74) is 3.79. The van der Waals surface area contributed by atoms with Crippen molar-refractivity contribution in [1.82, 2.24) is 0 Å². The van der Waals surface area contributed by atoms with Gasteiger partial charge in [0.05, 0.1) is 32.2 Å². The molecule has 0 saturated heterocycles. The maximum atomic E-state index is 9.63. The van der Waals surface area contributed by atoms with E-state index in [9.17, 15) is 5.26 Å². The smallest absolute Gasteiger partial charge is 0.148 e. The Balaban J connectivity index is 1.59. The van der Waals surface area contributed by atoms with Crippen LogP contribution in [-0.2, 0) is 6.61 Å². The van der Waals surface area contributed by atoms with Gasteiger partial charge in [-0.2, -0.15) is 10.5 Å². The van der Waals surface area contributed by atoms with Crippen LogP contribution in [0.5, 0.6) is 5.75 Å². The molecule has 0 amide bonds. The molecule has 4 aromatic carbocycles. The van der Waals surface area contributed by atoms with Crippen LogP contribution in [0.15, 0.2) is 87.8 Å². The zero-order valence-electron chi connectivity index (χ0n) is 16.8. The lowest BCUT2D eigenvalue weighted by Gasteiger charge is -2.13. The predicted molar refractivity (Wildman–Crippen MR) is 135 cm³/mol. The summed E-state index contributed by atoms with van der Waals surface area (Å²) < 4.78 is 7.72. The molecule has 4 aromatic rings. The molecule has 0 N–H and O–H groups in total. The van der Waals surface area contributed by atoms with Crippen molar-refractivity contribution >= 4 is 54.3 Å². The first-order valence-corrected chi connectivity index (χ1v) is 11.4. The van der Waals surface area contributed by atoms with Crippen LogP contribution in [0.2, 0.25) is 0 Å². The molecular weight excluding hydrogens is 528 g/mol. The molecule has 0 unspecified atom stereocenters. The van der Waals surface area contributed by atoms with E-state index in [1.165, 1.54) is 10.8 Å². The molecule has 4 rings (SSSR count). The number of nitriles is 2. The number of fused-ring (bicyclic) bond motifs is 1. The van der Waals surface area contributed by atoms with Gasteiger partial charge in [0.1, 0.15) is 12.4 Å². The molecule has 0 bridgehead atoms. The Kier molecular flexibility index (Phi) is 6.71. The second-order valence-electron chi connectivity index (χ2n) is 7.10. The molecular formula is C27H16Br2N2O. The minimum absolute atomic E-state index is 0.433. The van der Waals surface area contributed by atoms with Gasteiger partial charge in [-0.25, -0.2) is 0 Å². The fourth-order valence-corrected chi connectivity index (χ4v) is 4.89. The van der Waals surface area contributed by atoms with Gasteiger partial charge in [-0.3, -0.25) is 0 Å². The Morgan fingerprint density at radius 3 is 2.25 bits per heavy atom. The molecule has 0 radical (unpaired) electrons. The number of halogens is 2. The highest BCUT2D eigenvalue weighted by Crippen LogP contribution is 2.36. The van der Waals surface area contributed by atoms with Gasteiger partial charge in [0, 0.05) is 0 Å². The van der Waals surface area contributed by atoms with Crippen LogP contribution in [0.1, 0.15) is 22.3 Å². The van der Waals surface area contributed by atoms with E-state index in [0.29, 0.717) is 23.5 Å². The Hall–Kier alpha value is -3.38. The van der Waals surface area contributed by atoms with Crippen LogP contribution in [0, 0.1) is 22.7 Å². The van der Waals surface area contributed by atoms with E-state index >= 15 is 0 Å². The van der Waals surface area contributed by atoms with Crippen LogP contribution >= 0.6 is 31.9 Å². The third-order valence-corrected chi connectivity index (χ3v) is 6.21. The van der Waals surface area contributed by atoms with Gasteiger partial charge in [0.15, 0.2) is 0 Å². The van der Waals surface area contributed by atoms with Crippen molar-refractivity contribution in [2.75, 3.05) is 0 Å². The lowest BCUT2D eigenvalue weighted by Crippen LogP contribution is -1.98. The van der Waals surface area contributed by atoms with E-state index in [1.807, 2.05) is 36.4 Å². The van der Waals surface area contributed by atoms with Crippen molar-refractivity contribution < 1.29 is 4.74 Å². The third kappa shape index (κ3) is 4.75. The van der Waals surface area contributed by atoms with Crippen LogP contribution in [0.3, 0.4) is 0 Å². The van der Waals surface area contributed by atoms with Crippen LogP contribution in [-0.4, -0.2) is 0 Å². The molecule has 0 aromatic heterocycles. The molecule has 0 atom stereocenters. The lowest BCUT2D eigenvalue weighted by molar-refractivity contribution is 0.303. The van der Waals surface area contributed by atoms with Crippen molar-refractivity contribution in [3.8, 4) is 17.9 Å².